The summed E-state index contributed by atoms with van der Waals surface area (Å²) < 4.78 is 33.4. The highest BCUT2D eigenvalue weighted by atomic mass is 19.4. The standard InChI is InChI=1S/C29H28N4O4.C2HF3O2/c34-28(35)22-8-6-21(7-9-22)20-4-2-19(3-5-20)12-15-30-14-1-17-33-27(29(36)37)25-11-10-23-18-31-16-13-24(23)26(25)32-33;3-2(4,5)1(6)7/h2-9,13,16,18,30H,1,10-12,14-15,17H2,(H,34,35)(H,36,37);(H,6,7). The number of rotatable bonds is 10. The summed E-state index contributed by atoms with van der Waals surface area (Å²) in [5.74, 6) is -4.61. The normalized spacial score (nSPS) is 12.0. The number of nitrogens with one attached hydrogen (secondary N) is 1. The number of carboxylic acids is 3. The molecular formula is C31H29F3N4O6. The first-order chi connectivity index (χ1) is 21.0. The zero-order chi connectivity index (χ0) is 31.9. The first-order valence-electron chi connectivity index (χ1n) is 13.7. The van der Waals surface area contributed by atoms with E-state index in [1.807, 2.05) is 36.5 Å². The molecule has 2 heterocycles. The summed E-state index contributed by atoms with van der Waals surface area (Å²) in [4.78, 5) is 36.1. The number of pyridine rings is 1. The van der Waals surface area contributed by atoms with Crippen LogP contribution in [0.1, 0.15) is 44.0 Å². The maximum atomic E-state index is 12.0. The van der Waals surface area contributed by atoms with Crippen molar-refractivity contribution in [2.24, 2.45) is 0 Å². The second kappa shape index (κ2) is 14.0. The van der Waals surface area contributed by atoms with Crippen molar-refractivity contribution in [1.29, 1.82) is 0 Å². The fourth-order valence-electron chi connectivity index (χ4n) is 4.85. The van der Waals surface area contributed by atoms with E-state index in [0.29, 0.717) is 18.7 Å². The highest BCUT2D eigenvalue weighted by Gasteiger charge is 2.38. The highest BCUT2D eigenvalue weighted by molar-refractivity contribution is 5.91. The summed E-state index contributed by atoms with van der Waals surface area (Å²) in [6.45, 7) is 2.12. The lowest BCUT2D eigenvalue weighted by atomic mass is 9.90. The number of carboxylic acid groups (broad SMARTS) is 3. The molecule has 2 aromatic carbocycles. The van der Waals surface area contributed by atoms with Crippen LogP contribution in [-0.4, -0.2) is 67.3 Å². The number of benzene rings is 2. The summed E-state index contributed by atoms with van der Waals surface area (Å²) in [6, 6.07) is 17.1. The molecule has 0 bridgehead atoms. The SMILES string of the molecule is O=C(O)C(F)(F)F.O=C(O)c1ccc(-c2ccc(CCNCCCn3nc4c(c3C(=O)O)CCc3cnccc3-4)cc2)cc1. The minimum absolute atomic E-state index is 0.278. The molecule has 0 saturated carbocycles. The summed E-state index contributed by atoms with van der Waals surface area (Å²) >= 11 is 0. The number of aryl methyl sites for hydroxylation is 2. The van der Waals surface area contributed by atoms with Crippen LogP contribution in [0.5, 0.6) is 0 Å². The minimum atomic E-state index is -5.08. The van der Waals surface area contributed by atoms with Crippen molar-refractivity contribution in [3.8, 4) is 22.4 Å². The lowest BCUT2D eigenvalue weighted by Gasteiger charge is -2.14. The van der Waals surface area contributed by atoms with Gasteiger partial charge < -0.3 is 20.6 Å². The van der Waals surface area contributed by atoms with Gasteiger partial charge in [0, 0.05) is 30.1 Å². The fourth-order valence-corrected chi connectivity index (χ4v) is 4.85. The van der Waals surface area contributed by atoms with Gasteiger partial charge in [-0.2, -0.15) is 18.3 Å². The maximum Gasteiger partial charge on any atom is 0.490 e. The Labute approximate surface area is 249 Å². The monoisotopic (exact) mass is 610 g/mol. The van der Waals surface area contributed by atoms with Gasteiger partial charge in [-0.3, -0.25) is 9.67 Å². The second-order valence-corrected chi connectivity index (χ2v) is 9.97. The number of aromatic nitrogens is 3. The lowest BCUT2D eigenvalue weighted by Crippen LogP contribution is -2.21. The molecular weight excluding hydrogens is 581 g/mol. The Morgan fingerprint density at radius 3 is 2.09 bits per heavy atom. The average molecular weight is 611 g/mol. The molecule has 0 atom stereocenters. The van der Waals surface area contributed by atoms with Crippen LogP contribution >= 0.6 is 0 Å². The lowest BCUT2D eigenvalue weighted by molar-refractivity contribution is -0.192. The molecule has 0 radical (unpaired) electrons. The van der Waals surface area contributed by atoms with Crippen LogP contribution in [0.4, 0.5) is 13.2 Å². The van der Waals surface area contributed by atoms with Gasteiger partial charge in [0.25, 0.3) is 0 Å². The number of aliphatic carboxylic acids is 1. The number of fused-ring (bicyclic) bond motifs is 3. The molecule has 4 N–H and O–H groups in total. The Bertz CT molecular complexity index is 1630. The largest absolute Gasteiger partial charge is 0.490 e. The molecule has 13 heteroatoms. The van der Waals surface area contributed by atoms with Gasteiger partial charge in [-0.05, 0) is 79.2 Å². The first-order valence-corrected chi connectivity index (χ1v) is 13.7. The fraction of sp³-hybridized carbons (Fsp3) is 0.258. The second-order valence-electron chi connectivity index (χ2n) is 9.97. The van der Waals surface area contributed by atoms with Gasteiger partial charge in [-0.1, -0.05) is 36.4 Å². The Kier molecular flexibility index (Phi) is 10.1. The topological polar surface area (TPSA) is 155 Å². The van der Waals surface area contributed by atoms with E-state index >= 15 is 0 Å². The summed E-state index contributed by atoms with van der Waals surface area (Å²) in [7, 11) is 0. The molecule has 0 amide bonds. The predicted molar refractivity (Wildman–Crippen MR) is 154 cm³/mol. The molecule has 44 heavy (non-hydrogen) atoms. The molecule has 1 aliphatic rings. The number of hydrogen-bond donors (Lipinski definition) is 4. The van der Waals surface area contributed by atoms with Gasteiger partial charge in [0.1, 0.15) is 5.69 Å². The van der Waals surface area contributed by atoms with E-state index in [4.69, 9.17) is 15.0 Å². The van der Waals surface area contributed by atoms with Crippen molar-refractivity contribution >= 4 is 17.9 Å². The van der Waals surface area contributed by atoms with Crippen molar-refractivity contribution in [2.45, 2.75) is 38.4 Å². The Balaban J connectivity index is 0.000000566. The van der Waals surface area contributed by atoms with Crippen LogP contribution in [0, 0.1) is 0 Å². The van der Waals surface area contributed by atoms with Crippen LogP contribution in [0.2, 0.25) is 0 Å². The van der Waals surface area contributed by atoms with Gasteiger partial charge in [0.15, 0.2) is 0 Å². The van der Waals surface area contributed by atoms with Crippen LogP contribution in [-0.2, 0) is 30.6 Å². The summed E-state index contributed by atoms with van der Waals surface area (Å²) in [6.07, 6.45) is 1.58. The quantitative estimate of drug-likeness (QED) is 0.182. The molecule has 0 spiro atoms. The van der Waals surface area contributed by atoms with Crippen LogP contribution in [0.3, 0.4) is 0 Å². The Morgan fingerprint density at radius 2 is 1.50 bits per heavy atom. The van der Waals surface area contributed by atoms with E-state index in [1.165, 1.54) is 5.56 Å². The molecule has 1 aliphatic carbocycles. The van der Waals surface area contributed by atoms with E-state index in [9.17, 15) is 27.9 Å². The molecule has 230 valence electrons. The number of carbonyl (C=O) groups is 3. The molecule has 4 aromatic rings. The van der Waals surface area contributed by atoms with E-state index in [-0.39, 0.29) is 5.56 Å². The Morgan fingerprint density at radius 1 is 0.864 bits per heavy atom. The van der Waals surface area contributed by atoms with Crippen LogP contribution < -0.4 is 5.32 Å². The third-order valence-corrected chi connectivity index (χ3v) is 7.03. The maximum absolute atomic E-state index is 12.0. The molecule has 2 aromatic heterocycles. The number of nitrogens with zero attached hydrogens (tertiary/aromatic N) is 3. The zero-order valence-corrected chi connectivity index (χ0v) is 23.3. The number of hydrogen-bond acceptors (Lipinski definition) is 6. The predicted octanol–water partition coefficient (Wildman–Crippen LogP) is 4.96. The third kappa shape index (κ3) is 7.86. The molecule has 0 unspecified atom stereocenters. The first kappa shape index (κ1) is 31.9. The van der Waals surface area contributed by atoms with Crippen LogP contribution in [0.15, 0.2) is 67.0 Å². The van der Waals surface area contributed by atoms with Gasteiger partial charge >= 0.3 is 24.1 Å². The number of alkyl halides is 3. The summed E-state index contributed by atoms with van der Waals surface area (Å²) in [5, 5.41) is 34.1. The molecule has 0 aliphatic heterocycles. The van der Waals surface area contributed by atoms with Crippen molar-refractivity contribution in [3.05, 3.63) is 94.9 Å². The molecule has 10 nitrogen and oxygen atoms in total. The van der Waals surface area contributed by atoms with Gasteiger partial charge in [-0.25, -0.2) is 14.4 Å². The van der Waals surface area contributed by atoms with Crippen molar-refractivity contribution < 1.29 is 42.9 Å². The summed E-state index contributed by atoms with van der Waals surface area (Å²) in [5.41, 5.74) is 7.51. The third-order valence-electron chi connectivity index (χ3n) is 7.03. The van der Waals surface area contributed by atoms with E-state index < -0.39 is 24.1 Å². The highest BCUT2D eigenvalue weighted by Crippen LogP contribution is 2.34. The smallest absolute Gasteiger partial charge is 0.478 e. The molecule has 5 rings (SSSR count). The van der Waals surface area contributed by atoms with Crippen molar-refractivity contribution in [2.75, 3.05) is 13.1 Å². The van der Waals surface area contributed by atoms with Crippen molar-refractivity contribution in [3.63, 3.8) is 0 Å². The molecule has 0 fully saturated rings. The molecule has 0 saturated heterocycles. The average Bonchev–Trinajstić information content (AvgIpc) is 3.38. The van der Waals surface area contributed by atoms with E-state index in [1.54, 1.807) is 23.0 Å². The number of halogens is 3. The van der Waals surface area contributed by atoms with E-state index in [2.05, 4.69) is 27.5 Å². The zero-order valence-electron chi connectivity index (χ0n) is 23.3. The van der Waals surface area contributed by atoms with Gasteiger partial charge in [0.2, 0.25) is 0 Å². The van der Waals surface area contributed by atoms with Crippen molar-refractivity contribution in [1.82, 2.24) is 20.1 Å². The van der Waals surface area contributed by atoms with Crippen LogP contribution in [0.25, 0.3) is 22.4 Å². The Hall–Kier alpha value is -5.04. The number of aromatic carboxylic acids is 2. The van der Waals surface area contributed by atoms with E-state index in [0.717, 1.165) is 65.9 Å². The van der Waals surface area contributed by atoms with Gasteiger partial charge in [-0.15, -0.1) is 0 Å². The van der Waals surface area contributed by atoms with Gasteiger partial charge in [0.05, 0.1) is 11.3 Å². The minimum Gasteiger partial charge on any atom is -0.478 e.